The number of nitrogens with one attached hydrogen (secondary N) is 3. The smallest absolute Gasteiger partial charge is 0.244 e. The lowest BCUT2D eigenvalue weighted by Crippen LogP contribution is -2.35. The van der Waals surface area contributed by atoms with E-state index in [4.69, 9.17) is 9.72 Å². The highest BCUT2D eigenvalue weighted by atomic mass is 16.5. The number of likely N-dealkylation sites (N-methyl/N-ethyl adjacent to an activating group) is 1. The number of pyridine rings is 1. The summed E-state index contributed by atoms with van der Waals surface area (Å²) >= 11 is 0. The van der Waals surface area contributed by atoms with Crippen LogP contribution in [0.25, 0.3) is 11.3 Å². The van der Waals surface area contributed by atoms with Crippen molar-refractivity contribution in [2.45, 2.75) is 19.4 Å². The van der Waals surface area contributed by atoms with Crippen LogP contribution in [-0.2, 0) is 4.79 Å². The molecule has 0 aromatic carbocycles. The Kier molecular flexibility index (Phi) is 5.61. The SMILES string of the molecule is C=C(N[C@@H]1CCN(C)C1=O)c1cnn2c(NC)cc(Nc3cccc(OCC)n3)nc12. The predicted octanol–water partition coefficient (Wildman–Crippen LogP) is 2.10. The lowest BCUT2D eigenvalue weighted by atomic mass is 10.2. The van der Waals surface area contributed by atoms with Gasteiger partial charge in [0.05, 0.1) is 18.4 Å². The third-order valence-corrected chi connectivity index (χ3v) is 5.10. The van der Waals surface area contributed by atoms with E-state index in [9.17, 15) is 4.79 Å². The number of nitrogens with zero attached hydrogens (tertiary/aromatic N) is 5. The molecule has 3 aromatic rings. The Bertz CT molecular complexity index is 1130. The van der Waals surface area contributed by atoms with Crippen LogP contribution >= 0.6 is 0 Å². The molecule has 3 aromatic heterocycles. The number of aromatic nitrogens is 4. The Hall–Kier alpha value is -3.82. The average molecular weight is 422 g/mol. The number of hydrogen-bond donors (Lipinski definition) is 3. The summed E-state index contributed by atoms with van der Waals surface area (Å²) in [7, 11) is 3.61. The molecule has 4 heterocycles. The summed E-state index contributed by atoms with van der Waals surface area (Å²) in [5.41, 5.74) is 1.93. The maximum absolute atomic E-state index is 12.3. The Morgan fingerprint density at radius 3 is 2.87 bits per heavy atom. The summed E-state index contributed by atoms with van der Waals surface area (Å²) in [5, 5.41) is 14.0. The number of likely N-dealkylation sites (tertiary alicyclic amines) is 1. The van der Waals surface area contributed by atoms with Crippen LogP contribution in [0.4, 0.5) is 17.5 Å². The molecule has 0 unspecified atom stereocenters. The van der Waals surface area contributed by atoms with Gasteiger partial charge in [0.2, 0.25) is 11.8 Å². The lowest BCUT2D eigenvalue weighted by molar-refractivity contribution is -0.128. The quantitative estimate of drug-likeness (QED) is 0.506. The Morgan fingerprint density at radius 2 is 2.16 bits per heavy atom. The van der Waals surface area contributed by atoms with E-state index in [1.54, 1.807) is 28.7 Å². The Morgan fingerprint density at radius 1 is 1.32 bits per heavy atom. The van der Waals surface area contributed by atoms with Crippen LogP contribution in [0.3, 0.4) is 0 Å². The number of hydrogen-bond acceptors (Lipinski definition) is 8. The Labute approximate surface area is 180 Å². The molecule has 1 atom stereocenters. The minimum atomic E-state index is -0.289. The topological polar surface area (TPSA) is 109 Å². The van der Waals surface area contributed by atoms with E-state index < -0.39 is 0 Å². The molecular formula is C21H26N8O2. The minimum Gasteiger partial charge on any atom is -0.478 e. The van der Waals surface area contributed by atoms with Gasteiger partial charge in [0.25, 0.3) is 0 Å². The second-order valence-electron chi connectivity index (χ2n) is 7.21. The molecule has 1 amide bonds. The van der Waals surface area contributed by atoms with Gasteiger partial charge >= 0.3 is 0 Å². The van der Waals surface area contributed by atoms with Crippen molar-refractivity contribution in [2.24, 2.45) is 0 Å². The number of rotatable bonds is 8. The van der Waals surface area contributed by atoms with Crippen molar-refractivity contribution in [3.63, 3.8) is 0 Å². The fraction of sp³-hybridized carbons (Fsp3) is 0.333. The van der Waals surface area contributed by atoms with Gasteiger partial charge in [0, 0.05) is 38.5 Å². The summed E-state index contributed by atoms with van der Waals surface area (Å²) in [6, 6.07) is 7.06. The van der Waals surface area contributed by atoms with Crippen molar-refractivity contribution in [1.82, 2.24) is 29.8 Å². The van der Waals surface area contributed by atoms with Crippen molar-refractivity contribution in [2.75, 3.05) is 37.9 Å². The molecule has 3 N–H and O–H groups in total. The number of carbonyl (C=O) groups excluding carboxylic acids is 1. The number of ether oxygens (including phenoxy) is 1. The molecule has 0 bridgehead atoms. The lowest BCUT2D eigenvalue weighted by Gasteiger charge is -2.15. The van der Waals surface area contributed by atoms with E-state index >= 15 is 0 Å². The number of fused-ring (bicyclic) bond motifs is 1. The van der Waals surface area contributed by atoms with Gasteiger partial charge in [-0.2, -0.15) is 14.6 Å². The van der Waals surface area contributed by atoms with Gasteiger partial charge in [-0.3, -0.25) is 4.79 Å². The van der Waals surface area contributed by atoms with Crippen molar-refractivity contribution >= 4 is 34.7 Å². The number of amides is 1. The van der Waals surface area contributed by atoms with Crippen molar-refractivity contribution in [3.05, 3.63) is 42.6 Å². The molecule has 10 nitrogen and oxygen atoms in total. The maximum Gasteiger partial charge on any atom is 0.244 e. The molecule has 0 saturated carbocycles. The van der Waals surface area contributed by atoms with Crippen LogP contribution in [0.5, 0.6) is 5.88 Å². The van der Waals surface area contributed by atoms with Gasteiger partial charge in [-0.05, 0) is 19.4 Å². The zero-order valence-corrected chi connectivity index (χ0v) is 17.8. The van der Waals surface area contributed by atoms with Gasteiger partial charge in [-0.15, -0.1) is 0 Å². The predicted molar refractivity (Wildman–Crippen MR) is 119 cm³/mol. The number of carbonyl (C=O) groups is 1. The third kappa shape index (κ3) is 4.09. The van der Waals surface area contributed by atoms with E-state index in [1.165, 1.54) is 0 Å². The van der Waals surface area contributed by atoms with E-state index in [0.29, 0.717) is 35.5 Å². The van der Waals surface area contributed by atoms with Gasteiger partial charge in [-0.1, -0.05) is 12.6 Å². The van der Waals surface area contributed by atoms with Crippen molar-refractivity contribution in [3.8, 4) is 5.88 Å². The molecule has 1 saturated heterocycles. The van der Waals surface area contributed by atoms with E-state index in [0.717, 1.165) is 24.3 Å². The van der Waals surface area contributed by atoms with E-state index in [1.807, 2.05) is 32.2 Å². The summed E-state index contributed by atoms with van der Waals surface area (Å²) < 4.78 is 7.16. The normalized spacial score (nSPS) is 15.9. The standard InChI is InChI=1S/C21H26N8O2/c1-5-31-19-8-6-7-16(26-19)25-17-11-18(22-3)29-20(27-17)14(12-23-29)13(2)24-15-9-10-28(4)21(15)30/h6-8,11-12,15,22,24H,2,5,9-10H2,1,3-4H3,(H,25,26,27)/t15-/m1/s1. The second kappa shape index (κ2) is 8.50. The van der Waals surface area contributed by atoms with Crippen LogP contribution in [0.15, 0.2) is 37.0 Å². The molecule has 4 rings (SSSR count). The second-order valence-corrected chi connectivity index (χ2v) is 7.21. The summed E-state index contributed by atoms with van der Waals surface area (Å²) in [5.74, 6) is 2.54. The fourth-order valence-corrected chi connectivity index (χ4v) is 3.51. The molecule has 31 heavy (non-hydrogen) atoms. The van der Waals surface area contributed by atoms with Crippen molar-refractivity contribution in [1.29, 1.82) is 0 Å². The monoisotopic (exact) mass is 422 g/mol. The first kappa shape index (κ1) is 20.5. The molecule has 1 aliphatic heterocycles. The minimum absolute atomic E-state index is 0.0594. The van der Waals surface area contributed by atoms with Crippen LogP contribution in [0, 0.1) is 0 Å². The van der Waals surface area contributed by atoms with Gasteiger partial charge in [0.1, 0.15) is 23.5 Å². The largest absolute Gasteiger partial charge is 0.478 e. The average Bonchev–Trinajstić information content (AvgIpc) is 3.32. The first-order valence-corrected chi connectivity index (χ1v) is 10.1. The van der Waals surface area contributed by atoms with Gasteiger partial charge in [0.15, 0.2) is 5.65 Å². The third-order valence-electron chi connectivity index (χ3n) is 5.10. The molecule has 1 fully saturated rings. The highest BCUT2D eigenvalue weighted by molar-refractivity contribution is 5.86. The molecule has 0 radical (unpaired) electrons. The van der Waals surface area contributed by atoms with Crippen LogP contribution in [-0.4, -0.2) is 63.7 Å². The van der Waals surface area contributed by atoms with Crippen molar-refractivity contribution < 1.29 is 9.53 Å². The molecule has 0 spiro atoms. The first-order valence-electron chi connectivity index (χ1n) is 10.1. The maximum atomic E-state index is 12.3. The van der Waals surface area contributed by atoms with Gasteiger partial charge in [-0.25, -0.2) is 4.98 Å². The zero-order chi connectivity index (χ0) is 22.0. The van der Waals surface area contributed by atoms with Crippen LogP contribution < -0.4 is 20.7 Å². The molecular weight excluding hydrogens is 396 g/mol. The highest BCUT2D eigenvalue weighted by Crippen LogP contribution is 2.25. The summed E-state index contributed by atoms with van der Waals surface area (Å²) in [6.45, 7) is 7.30. The summed E-state index contributed by atoms with van der Waals surface area (Å²) in [4.78, 5) is 23.1. The molecule has 1 aliphatic rings. The van der Waals surface area contributed by atoms with E-state index in [2.05, 4.69) is 32.6 Å². The highest BCUT2D eigenvalue weighted by Gasteiger charge is 2.29. The molecule has 0 aliphatic carbocycles. The number of anilines is 3. The summed E-state index contributed by atoms with van der Waals surface area (Å²) in [6.07, 6.45) is 2.43. The first-order chi connectivity index (χ1) is 15.0. The molecule has 10 heteroatoms. The van der Waals surface area contributed by atoms with Crippen LogP contribution in [0.1, 0.15) is 18.9 Å². The van der Waals surface area contributed by atoms with Gasteiger partial charge < -0.3 is 25.6 Å². The zero-order valence-electron chi connectivity index (χ0n) is 17.8. The fourth-order valence-electron chi connectivity index (χ4n) is 3.51. The van der Waals surface area contributed by atoms with E-state index in [-0.39, 0.29) is 11.9 Å². The van der Waals surface area contributed by atoms with Crippen LogP contribution in [0.2, 0.25) is 0 Å². The molecule has 162 valence electrons. The Balaban J connectivity index is 1.64.